The summed E-state index contributed by atoms with van der Waals surface area (Å²) in [6, 6.07) is 6.16. The van der Waals surface area contributed by atoms with E-state index in [4.69, 9.17) is 15.5 Å². The van der Waals surface area contributed by atoms with Crippen molar-refractivity contribution >= 4 is 11.0 Å². The Morgan fingerprint density at radius 2 is 2.11 bits per heavy atom. The summed E-state index contributed by atoms with van der Waals surface area (Å²) in [6.07, 6.45) is 6.02. The minimum atomic E-state index is 0.227. The van der Waals surface area contributed by atoms with Gasteiger partial charge in [0.25, 0.3) is 0 Å². The van der Waals surface area contributed by atoms with Crippen LogP contribution in [0.2, 0.25) is 0 Å². The highest BCUT2D eigenvalue weighted by Gasteiger charge is 2.24. The highest BCUT2D eigenvalue weighted by atomic mass is 16.5. The van der Waals surface area contributed by atoms with E-state index in [1.54, 1.807) is 7.11 Å². The van der Waals surface area contributed by atoms with Crippen LogP contribution in [-0.4, -0.2) is 23.1 Å². The number of nitrogens with zero attached hydrogens (tertiary/aromatic N) is 1. The quantitative estimate of drug-likeness (QED) is 0.815. The van der Waals surface area contributed by atoms with Crippen LogP contribution in [0.1, 0.15) is 43.8 Å². The number of aromatic nitrogens is 2. The lowest BCUT2D eigenvalue weighted by Crippen LogP contribution is -2.27. The molecule has 1 aromatic heterocycles. The van der Waals surface area contributed by atoms with Crippen molar-refractivity contribution in [1.29, 1.82) is 0 Å². The second-order valence-corrected chi connectivity index (χ2v) is 5.41. The molecule has 2 aromatic rings. The van der Waals surface area contributed by atoms with Gasteiger partial charge in [0.1, 0.15) is 11.6 Å². The van der Waals surface area contributed by atoms with Gasteiger partial charge >= 0.3 is 0 Å². The fraction of sp³-hybridized carbons (Fsp3) is 0.533. The van der Waals surface area contributed by atoms with Gasteiger partial charge in [-0.3, -0.25) is 0 Å². The molecule has 1 heterocycles. The highest BCUT2D eigenvalue weighted by Crippen LogP contribution is 2.31. The third kappa shape index (κ3) is 2.45. The second kappa shape index (κ2) is 5.21. The number of fused-ring (bicyclic) bond motifs is 1. The van der Waals surface area contributed by atoms with Gasteiger partial charge in [0.15, 0.2) is 0 Å². The maximum Gasteiger partial charge on any atom is 0.121 e. The number of ether oxygens (including phenoxy) is 1. The van der Waals surface area contributed by atoms with E-state index in [2.05, 4.69) is 4.98 Å². The molecule has 3 rings (SSSR count). The molecule has 1 saturated carbocycles. The van der Waals surface area contributed by atoms with Crippen LogP contribution in [0.25, 0.3) is 11.0 Å². The molecule has 0 radical (unpaired) electrons. The summed E-state index contributed by atoms with van der Waals surface area (Å²) in [7, 11) is 1.68. The number of nitrogens with one attached hydrogen (secondary N) is 1. The third-order valence-electron chi connectivity index (χ3n) is 4.13. The zero-order valence-electron chi connectivity index (χ0n) is 11.4. The Labute approximate surface area is 113 Å². The van der Waals surface area contributed by atoms with E-state index >= 15 is 0 Å². The number of methoxy groups -OCH3 is 1. The van der Waals surface area contributed by atoms with Gasteiger partial charge < -0.3 is 15.5 Å². The van der Waals surface area contributed by atoms with Crippen LogP contribution in [0.15, 0.2) is 18.2 Å². The van der Waals surface area contributed by atoms with Crippen LogP contribution in [0.4, 0.5) is 0 Å². The summed E-state index contributed by atoms with van der Waals surface area (Å²) in [4.78, 5) is 8.14. The Balaban J connectivity index is 1.95. The predicted octanol–water partition coefficient (Wildman–Crippen LogP) is 2.95. The summed E-state index contributed by atoms with van der Waals surface area (Å²) in [5, 5.41) is 0. The van der Waals surface area contributed by atoms with E-state index in [-0.39, 0.29) is 6.04 Å². The number of H-pyrrole nitrogens is 1. The standard InChI is InChI=1S/C15H21N3O/c1-19-10-7-8-13-14(9-10)18-15(17-13)11-5-3-2-4-6-12(11)16/h7-9,11-12H,2-6,16H2,1H3,(H,17,18). The van der Waals surface area contributed by atoms with Gasteiger partial charge in [0, 0.05) is 18.0 Å². The van der Waals surface area contributed by atoms with Crippen LogP contribution < -0.4 is 10.5 Å². The van der Waals surface area contributed by atoms with Crippen molar-refractivity contribution in [1.82, 2.24) is 9.97 Å². The maximum atomic E-state index is 6.30. The lowest BCUT2D eigenvalue weighted by atomic mass is 9.95. The largest absolute Gasteiger partial charge is 0.497 e. The van der Waals surface area contributed by atoms with Crippen molar-refractivity contribution in [3.63, 3.8) is 0 Å². The van der Waals surface area contributed by atoms with Gasteiger partial charge in [-0.05, 0) is 25.0 Å². The summed E-state index contributed by atoms with van der Waals surface area (Å²) < 4.78 is 5.25. The molecule has 1 aliphatic rings. The lowest BCUT2D eigenvalue weighted by Gasteiger charge is -2.18. The first kappa shape index (κ1) is 12.5. The minimum Gasteiger partial charge on any atom is -0.497 e. The first-order valence-corrected chi connectivity index (χ1v) is 7.07. The number of rotatable bonds is 2. The molecule has 0 saturated heterocycles. The summed E-state index contributed by atoms with van der Waals surface area (Å²) >= 11 is 0. The van der Waals surface area contributed by atoms with Gasteiger partial charge in [-0.25, -0.2) is 4.98 Å². The van der Waals surface area contributed by atoms with Crippen molar-refractivity contribution in [3.8, 4) is 5.75 Å². The van der Waals surface area contributed by atoms with Crippen molar-refractivity contribution in [2.24, 2.45) is 5.73 Å². The number of hydrogen-bond acceptors (Lipinski definition) is 3. The van der Waals surface area contributed by atoms with E-state index in [0.717, 1.165) is 35.4 Å². The van der Waals surface area contributed by atoms with Gasteiger partial charge in [0.2, 0.25) is 0 Å². The maximum absolute atomic E-state index is 6.30. The molecule has 0 bridgehead atoms. The molecule has 2 atom stereocenters. The predicted molar refractivity (Wildman–Crippen MR) is 76.4 cm³/mol. The fourth-order valence-corrected chi connectivity index (χ4v) is 2.99. The molecule has 0 amide bonds. The van der Waals surface area contributed by atoms with Gasteiger partial charge in [-0.2, -0.15) is 0 Å². The first-order chi connectivity index (χ1) is 9.28. The Morgan fingerprint density at radius 1 is 1.26 bits per heavy atom. The van der Waals surface area contributed by atoms with E-state index in [9.17, 15) is 0 Å². The SMILES string of the molecule is COc1ccc2nc(C3CCCCCC3N)[nH]c2c1. The van der Waals surface area contributed by atoms with Crippen molar-refractivity contribution in [3.05, 3.63) is 24.0 Å². The average molecular weight is 259 g/mol. The molecule has 0 spiro atoms. The summed E-state index contributed by atoms with van der Waals surface area (Å²) in [5.41, 5.74) is 8.33. The van der Waals surface area contributed by atoms with Crippen LogP contribution in [0, 0.1) is 0 Å². The van der Waals surface area contributed by atoms with E-state index < -0.39 is 0 Å². The zero-order chi connectivity index (χ0) is 13.2. The van der Waals surface area contributed by atoms with E-state index in [1.807, 2.05) is 18.2 Å². The molecule has 1 aromatic carbocycles. The number of imidazole rings is 1. The molecular weight excluding hydrogens is 238 g/mol. The van der Waals surface area contributed by atoms with Crippen LogP contribution in [0.5, 0.6) is 5.75 Å². The summed E-state index contributed by atoms with van der Waals surface area (Å²) in [6.45, 7) is 0. The lowest BCUT2D eigenvalue weighted by molar-refractivity contribution is 0.415. The molecule has 0 aliphatic heterocycles. The van der Waals surface area contributed by atoms with Crippen LogP contribution >= 0.6 is 0 Å². The number of nitrogens with two attached hydrogens (primary N) is 1. The number of hydrogen-bond donors (Lipinski definition) is 2. The monoisotopic (exact) mass is 259 g/mol. The molecule has 4 heteroatoms. The zero-order valence-corrected chi connectivity index (χ0v) is 11.4. The Bertz CT molecular complexity index is 564. The normalized spacial score (nSPS) is 24.3. The van der Waals surface area contributed by atoms with Crippen LogP contribution in [0.3, 0.4) is 0 Å². The second-order valence-electron chi connectivity index (χ2n) is 5.41. The molecule has 1 aliphatic carbocycles. The van der Waals surface area contributed by atoms with Gasteiger partial charge in [0.05, 0.1) is 18.1 Å². The third-order valence-corrected chi connectivity index (χ3v) is 4.13. The first-order valence-electron chi connectivity index (χ1n) is 7.07. The van der Waals surface area contributed by atoms with Crippen molar-refractivity contribution in [2.75, 3.05) is 7.11 Å². The van der Waals surface area contributed by atoms with E-state index in [0.29, 0.717) is 5.92 Å². The molecule has 4 nitrogen and oxygen atoms in total. The Hall–Kier alpha value is -1.55. The van der Waals surface area contributed by atoms with Crippen LogP contribution in [-0.2, 0) is 0 Å². The molecule has 102 valence electrons. The highest BCUT2D eigenvalue weighted by molar-refractivity contribution is 5.76. The molecule has 2 unspecified atom stereocenters. The van der Waals surface area contributed by atoms with E-state index in [1.165, 1.54) is 19.3 Å². The van der Waals surface area contributed by atoms with Gasteiger partial charge in [-0.1, -0.05) is 19.3 Å². The number of aromatic amines is 1. The Kier molecular flexibility index (Phi) is 3.42. The molecule has 1 fully saturated rings. The summed E-state index contributed by atoms with van der Waals surface area (Å²) in [5.74, 6) is 2.26. The average Bonchev–Trinajstić information content (AvgIpc) is 2.72. The van der Waals surface area contributed by atoms with Gasteiger partial charge in [-0.15, -0.1) is 0 Å². The smallest absolute Gasteiger partial charge is 0.121 e. The number of benzene rings is 1. The van der Waals surface area contributed by atoms with Crippen molar-refractivity contribution < 1.29 is 4.74 Å². The minimum absolute atomic E-state index is 0.227. The molecule has 3 N–H and O–H groups in total. The topological polar surface area (TPSA) is 63.9 Å². The molecule has 19 heavy (non-hydrogen) atoms. The van der Waals surface area contributed by atoms with Crippen molar-refractivity contribution in [2.45, 2.75) is 44.1 Å². The Morgan fingerprint density at radius 3 is 2.95 bits per heavy atom. The fourth-order valence-electron chi connectivity index (χ4n) is 2.99. The molecular formula is C15H21N3O.